The van der Waals surface area contributed by atoms with Crippen LogP contribution in [0.25, 0.3) is 0 Å². The summed E-state index contributed by atoms with van der Waals surface area (Å²) in [7, 11) is 0. The molecule has 0 amide bonds. The van der Waals surface area contributed by atoms with Crippen LogP contribution >= 0.6 is 0 Å². The smallest absolute Gasteiger partial charge is 0.223 e. The number of hydrogen-bond acceptors (Lipinski definition) is 6. The molecule has 2 fully saturated rings. The first kappa shape index (κ1) is 20.3. The molecule has 1 aromatic carbocycles. The minimum atomic E-state index is -0.00724. The third-order valence-corrected chi connectivity index (χ3v) is 5.68. The van der Waals surface area contributed by atoms with Crippen molar-refractivity contribution in [1.82, 2.24) is 15.3 Å². The number of anilines is 1. The van der Waals surface area contributed by atoms with Crippen LogP contribution in [0.3, 0.4) is 0 Å². The summed E-state index contributed by atoms with van der Waals surface area (Å²) in [6.45, 7) is 8.72. The van der Waals surface area contributed by atoms with Crippen LogP contribution in [0.2, 0.25) is 0 Å². The number of ether oxygens (including phenoxy) is 2. The van der Waals surface area contributed by atoms with Crippen LogP contribution in [-0.4, -0.2) is 54.0 Å². The summed E-state index contributed by atoms with van der Waals surface area (Å²) in [5.74, 6) is 0.648. The van der Waals surface area contributed by atoms with Gasteiger partial charge in [-0.1, -0.05) is 51.1 Å². The second kappa shape index (κ2) is 8.78. The van der Waals surface area contributed by atoms with Crippen LogP contribution in [-0.2, 0) is 21.3 Å². The number of fused-ring (bicyclic) bond motifs is 1. The Morgan fingerprint density at radius 2 is 1.72 bits per heavy atom. The highest BCUT2D eigenvalue weighted by molar-refractivity contribution is 5.30. The Hall–Kier alpha value is -2.02. The van der Waals surface area contributed by atoms with Gasteiger partial charge in [0, 0.05) is 11.6 Å². The first-order valence-electron chi connectivity index (χ1n) is 10.6. The fourth-order valence-electron chi connectivity index (χ4n) is 4.03. The van der Waals surface area contributed by atoms with Crippen molar-refractivity contribution < 1.29 is 9.47 Å². The SMILES string of the molecule is CC(C)(C)c1ccnc(N[C@H]2CO[C@H]3[C@@H]2OC[C@@H]3NCCCc2ccccc2)n1. The Kier molecular flexibility index (Phi) is 6.13. The Morgan fingerprint density at radius 1 is 1.00 bits per heavy atom. The van der Waals surface area contributed by atoms with Crippen molar-refractivity contribution in [3.05, 3.63) is 53.9 Å². The molecule has 0 bridgehead atoms. The minimum absolute atomic E-state index is 0.00724. The number of aryl methyl sites for hydroxylation is 1. The summed E-state index contributed by atoms with van der Waals surface area (Å²) in [5.41, 5.74) is 2.40. The van der Waals surface area contributed by atoms with E-state index in [9.17, 15) is 0 Å². The summed E-state index contributed by atoms with van der Waals surface area (Å²) < 4.78 is 12.2. The summed E-state index contributed by atoms with van der Waals surface area (Å²) in [6.07, 6.45) is 4.11. The van der Waals surface area contributed by atoms with E-state index in [4.69, 9.17) is 9.47 Å². The highest BCUT2D eigenvalue weighted by Gasteiger charge is 2.47. The lowest BCUT2D eigenvalue weighted by Crippen LogP contribution is -2.42. The second-order valence-corrected chi connectivity index (χ2v) is 9.01. The maximum absolute atomic E-state index is 6.08. The third kappa shape index (κ3) is 4.94. The predicted octanol–water partition coefficient (Wildman–Crippen LogP) is 2.94. The van der Waals surface area contributed by atoms with Crippen molar-refractivity contribution in [3.63, 3.8) is 0 Å². The largest absolute Gasteiger partial charge is 0.371 e. The summed E-state index contributed by atoms with van der Waals surface area (Å²) >= 11 is 0. The normalized spacial score (nSPS) is 26.4. The lowest BCUT2D eigenvalue weighted by molar-refractivity contribution is 0.0676. The van der Waals surface area contributed by atoms with Crippen molar-refractivity contribution in [2.45, 2.75) is 63.3 Å². The number of nitrogens with one attached hydrogen (secondary N) is 2. The fraction of sp³-hybridized carbons (Fsp3) is 0.565. The minimum Gasteiger partial charge on any atom is -0.371 e. The van der Waals surface area contributed by atoms with Crippen molar-refractivity contribution in [2.24, 2.45) is 0 Å². The van der Waals surface area contributed by atoms with E-state index >= 15 is 0 Å². The second-order valence-electron chi connectivity index (χ2n) is 9.01. The van der Waals surface area contributed by atoms with E-state index in [2.05, 4.69) is 71.7 Å². The van der Waals surface area contributed by atoms with Gasteiger partial charge < -0.3 is 20.1 Å². The van der Waals surface area contributed by atoms with Gasteiger partial charge in [0.2, 0.25) is 5.95 Å². The average Bonchev–Trinajstić information content (AvgIpc) is 3.29. The third-order valence-electron chi connectivity index (χ3n) is 5.68. The van der Waals surface area contributed by atoms with Gasteiger partial charge in [0.15, 0.2) is 0 Å². The summed E-state index contributed by atoms with van der Waals surface area (Å²) in [6, 6.07) is 12.9. The monoisotopic (exact) mass is 396 g/mol. The molecule has 0 unspecified atom stereocenters. The summed E-state index contributed by atoms with van der Waals surface area (Å²) in [5, 5.41) is 7.06. The van der Waals surface area contributed by atoms with Crippen LogP contribution in [0.4, 0.5) is 5.95 Å². The Balaban J connectivity index is 1.27. The van der Waals surface area contributed by atoms with Crippen LogP contribution < -0.4 is 10.6 Å². The molecule has 156 valence electrons. The molecule has 4 rings (SSSR count). The zero-order valence-electron chi connectivity index (χ0n) is 17.6. The molecule has 1 aromatic heterocycles. The first-order valence-corrected chi connectivity index (χ1v) is 10.6. The number of benzene rings is 1. The highest BCUT2D eigenvalue weighted by Crippen LogP contribution is 2.29. The standard InChI is InChI=1S/C23H32N4O2/c1-23(2,3)19-11-13-25-22(27-19)26-18-15-29-20-17(14-28-21(18)20)24-12-7-10-16-8-5-4-6-9-16/h4-6,8-9,11,13,17-18,20-21,24H,7,10,12,14-15H2,1-3H3,(H,25,26,27)/t17-,18-,20+,21+/m0/s1. The maximum atomic E-state index is 6.08. The number of rotatable bonds is 7. The molecule has 2 aromatic rings. The molecule has 4 atom stereocenters. The molecular formula is C23H32N4O2. The van der Waals surface area contributed by atoms with Crippen molar-refractivity contribution >= 4 is 5.95 Å². The van der Waals surface area contributed by atoms with Crippen LogP contribution in [0.15, 0.2) is 42.6 Å². The molecule has 6 nitrogen and oxygen atoms in total. The molecule has 2 saturated heterocycles. The van der Waals surface area contributed by atoms with Crippen molar-refractivity contribution in [2.75, 3.05) is 25.1 Å². The van der Waals surface area contributed by atoms with E-state index in [-0.39, 0.29) is 29.7 Å². The van der Waals surface area contributed by atoms with Crippen LogP contribution in [0.1, 0.15) is 38.4 Å². The van der Waals surface area contributed by atoms with Gasteiger partial charge in [-0.05, 0) is 31.0 Å². The molecule has 6 heteroatoms. The molecule has 2 N–H and O–H groups in total. The Labute approximate surface area is 173 Å². The molecule has 0 aliphatic carbocycles. The van der Waals surface area contributed by atoms with E-state index in [1.807, 2.05) is 12.3 Å². The van der Waals surface area contributed by atoms with Gasteiger partial charge in [0.25, 0.3) is 0 Å². The van der Waals surface area contributed by atoms with Crippen molar-refractivity contribution in [3.8, 4) is 0 Å². The molecule has 0 saturated carbocycles. The van der Waals surface area contributed by atoms with Crippen molar-refractivity contribution in [1.29, 1.82) is 0 Å². The van der Waals surface area contributed by atoms with Gasteiger partial charge in [-0.15, -0.1) is 0 Å². The molecule has 2 aliphatic heterocycles. The molecule has 3 heterocycles. The number of hydrogen-bond donors (Lipinski definition) is 2. The van der Waals surface area contributed by atoms with Gasteiger partial charge in [-0.25, -0.2) is 9.97 Å². The fourth-order valence-corrected chi connectivity index (χ4v) is 4.03. The predicted molar refractivity (Wildman–Crippen MR) is 114 cm³/mol. The Morgan fingerprint density at radius 3 is 2.48 bits per heavy atom. The van der Waals surface area contributed by atoms with E-state index in [1.165, 1.54) is 5.56 Å². The first-order chi connectivity index (χ1) is 14.0. The zero-order chi connectivity index (χ0) is 20.3. The van der Waals surface area contributed by atoms with Gasteiger partial charge in [0.1, 0.15) is 12.2 Å². The number of aromatic nitrogens is 2. The lowest BCUT2D eigenvalue weighted by atomic mass is 9.92. The van der Waals surface area contributed by atoms with E-state index in [0.717, 1.165) is 25.1 Å². The number of nitrogens with zero attached hydrogens (tertiary/aromatic N) is 2. The molecule has 0 radical (unpaired) electrons. The lowest BCUT2D eigenvalue weighted by Gasteiger charge is -2.21. The molecule has 2 aliphatic rings. The quantitative estimate of drug-likeness (QED) is 0.702. The van der Waals surface area contributed by atoms with E-state index in [1.54, 1.807) is 0 Å². The van der Waals surface area contributed by atoms with Gasteiger partial charge >= 0.3 is 0 Å². The van der Waals surface area contributed by atoms with Gasteiger partial charge in [-0.3, -0.25) is 0 Å². The maximum Gasteiger partial charge on any atom is 0.223 e. The highest BCUT2D eigenvalue weighted by atomic mass is 16.6. The molecular weight excluding hydrogens is 364 g/mol. The molecule has 0 spiro atoms. The zero-order valence-corrected chi connectivity index (χ0v) is 17.6. The van der Waals surface area contributed by atoms with Crippen LogP contribution in [0.5, 0.6) is 0 Å². The van der Waals surface area contributed by atoms with Gasteiger partial charge in [0.05, 0.1) is 31.0 Å². The van der Waals surface area contributed by atoms with E-state index < -0.39 is 0 Å². The van der Waals surface area contributed by atoms with Gasteiger partial charge in [-0.2, -0.15) is 0 Å². The topological polar surface area (TPSA) is 68.3 Å². The molecule has 29 heavy (non-hydrogen) atoms. The Bertz CT molecular complexity index is 793. The summed E-state index contributed by atoms with van der Waals surface area (Å²) in [4.78, 5) is 9.07. The van der Waals surface area contributed by atoms with Crippen LogP contribution in [0, 0.1) is 0 Å². The van der Waals surface area contributed by atoms with E-state index in [0.29, 0.717) is 19.2 Å². The average molecular weight is 397 g/mol.